The highest BCUT2D eigenvalue weighted by Gasteiger charge is 2.27. The summed E-state index contributed by atoms with van der Waals surface area (Å²) in [6, 6.07) is 7.41. The van der Waals surface area contributed by atoms with Crippen molar-refractivity contribution < 1.29 is 14.6 Å². The quantitative estimate of drug-likeness (QED) is 0.728. The van der Waals surface area contributed by atoms with E-state index < -0.39 is 0 Å². The third-order valence-electron chi connectivity index (χ3n) is 6.05. The Morgan fingerprint density at radius 2 is 1.87 bits per heavy atom. The Labute approximate surface area is 192 Å². The second-order valence-electron chi connectivity index (χ2n) is 8.33. The number of aliphatic hydroxyl groups excluding tert-OH is 1. The lowest BCUT2D eigenvalue weighted by Crippen LogP contribution is -2.37. The minimum Gasteiger partial charge on any atom is -0.445 e. The molecular formula is C22H28Cl2N4O3. The number of piperidine rings is 1. The summed E-state index contributed by atoms with van der Waals surface area (Å²) in [7, 11) is 0. The lowest BCUT2D eigenvalue weighted by atomic mass is 10.0. The minimum absolute atomic E-state index is 0.123. The number of nitrogens with zero attached hydrogens (tertiary/aromatic N) is 4. The number of aromatic nitrogens is 2. The van der Waals surface area contributed by atoms with Crippen LogP contribution < -0.4 is 0 Å². The molecule has 0 saturated carbocycles. The van der Waals surface area contributed by atoms with Crippen LogP contribution in [0.2, 0.25) is 10.0 Å². The Hall–Kier alpha value is -1.80. The Balaban J connectivity index is 1.39. The van der Waals surface area contributed by atoms with Crippen LogP contribution in [0.1, 0.15) is 49.2 Å². The van der Waals surface area contributed by atoms with Gasteiger partial charge >= 0.3 is 6.09 Å². The maximum absolute atomic E-state index is 12.7. The highest BCUT2D eigenvalue weighted by molar-refractivity contribution is 6.34. The van der Waals surface area contributed by atoms with Gasteiger partial charge in [-0.25, -0.2) is 4.79 Å². The molecule has 1 amide bonds. The van der Waals surface area contributed by atoms with Gasteiger partial charge < -0.3 is 14.7 Å². The number of halogens is 2. The number of aliphatic hydroxyl groups is 1. The van der Waals surface area contributed by atoms with E-state index in [1.54, 1.807) is 23.1 Å². The van der Waals surface area contributed by atoms with Crippen molar-refractivity contribution in [1.82, 2.24) is 19.6 Å². The van der Waals surface area contributed by atoms with Crippen molar-refractivity contribution >= 4 is 29.3 Å². The van der Waals surface area contributed by atoms with E-state index in [0.717, 1.165) is 55.8 Å². The molecule has 1 N–H and O–H groups in total. The molecule has 4 rings (SSSR count). The van der Waals surface area contributed by atoms with Crippen molar-refractivity contribution in [3.63, 3.8) is 0 Å². The van der Waals surface area contributed by atoms with Crippen molar-refractivity contribution in [2.45, 2.75) is 58.0 Å². The molecule has 7 nitrogen and oxygen atoms in total. The number of carbonyl (C=O) groups excluding carboxylic acids is 1. The number of rotatable bonds is 4. The van der Waals surface area contributed by atoms with Crippen LogP contribution in [0.15, 0.2) is 24.3 Å². The second-order valence-corrected chi connectivity index (χ2v) is 9.21. The Kier molecular flexibility index (Phi) is 7.06. The first-order chi connectivity index (χ1) is 14.9. The summed E-state index contributed by atoms with van der Waals surface area (Å²) in [5, 5.41) is 15.6. The highest BCUT2D eigenvalue weighted by atomic mass is 35.5. The van der Waals surface area contributed by atoms with Gasteiger partial charge in [0.1, 0.15) is 6.61 Å². The van der Waals surface area contributed by atoms with E-state index in [-0.39, 0.29) is 24.8 Å². The number of aryl methyl sites for hydroxylation is 1. The van der Waals surface area contributed by atoms with Gasteiger partial charge in [0.15, 0.2) is 0 Å². The number of benzene rings is 1. The lowest BCUT2D eigenvalue weighted by molar-refractivity contribution is 0.0634. The number of likely N-dealkylation sites (tertiary alicyclic amines) is 1. The fraction of sp³-hybridized carbons (Fsp3) is 0.545. The summed E-state index contributed by atoms with van der Waals surface area (Å²) in [5.74, 6) is 0. The molecule has 0 aliphatic carbocycles. The van der Waals surface area contributed by atoms with Crippen molar-refractivity contribution in [2.75, 3.05) is 19.6 Å². The second kappa shape index (κ2) is 9.77. The third kappa shape index (κ3) is 5.52. The zero-order valence-electron chi connectivity index (χ0n) is 17.6. The molecule has 1 fully saturated rings. The molecule has 31 heavy (non-hydrogen) atoms. The standard InChI is InChI=1S/C22H28Cl2N4O3/c1-15(26-7-3-20(29)4-8-26)21-12-19-13-27(5-2-6-28(19)25-21)22(30)31-14-16-9-17(23)11-18(24)10-16/h9-12,15,20,29H,2-8,13-14H2,1H3. The maximum atomic E-state index is 12.7. The molecule has 0 spiro atoms. The first-order valence-electron chi connectivity index (χ1n) is 10.7. The van der Waals surface area contributed by atoms with Crippen LogP contribution in [0, 0.1) is 0 Å². The summed E-state index contributed by atoms with van der Waals surface area (Å²) in [5.41, 5.74) is 2.78. The van der Waals surface area contributed by atoms with E-state index in [9.17, 15) is 9.90 Å². The van der Waals surface area contributed by atoms with Gasteiger partial charge in [0.25, 0.3) is 0 Å². The molecule has 0 bridgehead atoms. The third-order valence-corrected chi connectivity index (χ3v) is 6.49. The van der Waals surface area contributed by atoms with Gasteiger partial charge in [0, 0.05) is 36.2 Å². The predicted octanol–water partition coefficient (Wildman–Crippen LogP) is 4.25. The van der Waals surface area contributed by atoms with Gasteiger partial charge in [-0.15, -0.1) is 0 Å². The largest absolute Gasteiger partial charge is 0.445 e. The van der Waals surface area contributed by atoms with E-state index in [0.29, 0.717) is 23.1 Å². The first-order valence-corrected chi connectivity index (χ1v) is 11.5. The molecule has 9 heteroatoms. The smallest absolute Gasteiger partial charge is 0.410 e. The zero-order valence-corrected chi connectivity index (χ0v) is 19.1. The minimum atomic E-state index is -0.356. The molecule has 168 valence electrons. The number of amides is 1. The molecule has 2 aliphatic heterocycles. The normalized spacial score (nSPS) is 19.0. The van der Waals surface area contributed by atoms with Crippen molar-refractivity contribution in [1.29, 1.82) is 0 Å². The fourth-order valence-electron chi connectivity index (χ4n) is 4.24. The van der Waals surface area contributed by atoms with Crippen molar-refractivity contribution in [3.05, 3.63) is 51.3 Å². The number of hydrogen-bond acceptors (Lipinski definition) is 5. The average Bonchev–Trinajstić information content (AvgIpc) is 3.03. The predicted molar refractivity (Wildman–Crippen MR) is 119 cm³/mol. The molecule has 1 aromatic carbocycles. The van der Waals surface area contributed by atoms with Crippen LogP contribution in [0.4, 0.5) is 4.79 Å². The SMILES string of the molecule is CC(c1cc2n(n1)CCCN(C(=O)OCc1cc(Cl)cc(Cl)c1)C2)N1CCC(O)CC1. The van der Waals surface area contributed by atoms with Crippen LogP contribution >= 0.6 is 23.2 Å². The van der Waals surface area contributed by atoms with Gasteiger partial charge in [-0.05, 0) is 56.0 Å². The number of ether oxygens (including phenoxy) is 1. The number of fused-ring (bicyclic) bond motifs is 1. The van der Waals surface area contributed by atoms with Gasteiger partial charge in [0.05, 0.1) is 30.1 Å². The summed E-state index contributed by atoms with van der Waals surface area (Å²) in [6.45, 7) is 5.88. The van der Waals surface area contributed by atoms with Crippen molar-refractivity contribution in [3.8, 4) is 0 Å². The molecular weight excluding hydrogens is 439 g/mol. The Morgan fingerprint density at radius 1 is 1.16 bits per heavy atom. The van der Waals surface area contributed by atoms with Gasteiger partial charge in [-0.2, -0.15) is 5.10 Å². The molecule has 1 saturated heterocycles. The van der Waals surface area contributed by atoms with Crippen LogP contribution in [0.5, 0.6) is 0 Å². The van der Waals surface area contributed by atoms with Crippen LogP contribution in [0.3, 0.4) is 0 Å². The van der Waals surface area contributed by atoms with Gasteiger partial charge in [-0.3, -0.25) is 9.58 Å². The number of carbonyl (C=O) groups is 1. The van der Waals surface area contributed by atoms with E-state index >= 15 is 0 Å². The Morgan fingerprint density at radius 3 is 2.58 bits per heavy atom. The molecule has 1 unspecified atom stereocenters. The fourth-order valence-corrected chi connectivity index (χ4v) is 4.81. The molecule has 0 radical (unpaired) electrons. The summed E-state index contributed by atoms with van der Waals surface area (Å²) in [6.07, 6.45) is 1.87. The maximum Gasteiger partial charge on any atom is 0.410 e. The molecule has 1 atom stereocenters. The average molecular weight is 467 g/mol. The zero-order chi connectivity index (χ0) is 22.0. The molecule has 1 aromatic heterocycles. The lowest BCUT2D eigenvalue weighted by Gasteiger charge is -2.33. The summed E-state index contributed by atoms with van der Waals surface area (Å²) in [4.78, 5) is 16.8. The van der Waals surface area contributed by atoms with Crippen LogP contribution in [-0.4, -0.2) is 56.5 Å². The highest BCUT2D eigenvalue weighted by Crippen LogP contribution is 2.26. The first kappa shape index (κ1) is 22.4. The molecule has 2 aliphatic rings. The monoisotopic (exact) mass is 466 g/mol. The summed E-state index contributed by atoms with van der Waals surface area (Å²) < 4.78 is 7.52. The van der Waals surface area contributed by atoms with Crippen LogP contribution in [-0.2, 0) is 24.4 Å². The van der Waals surface area contributed by atoms with E-state index in [2.05, 4.69) is 17.9 Å². The summed E-state index contributed by atoms with van der Waals surface area (Å²) >= 11 is 12.0. The van der Waals surface area contributed by atoms with Crippen molar-refractivity contribution in [2.24, 2.45) is 0 Å². The van der Waals surface area contributed by atoms with Crippen LogP contribution in [0.25, 0.3) is 0 Å². The number of hydrogen-bond donors (Lipinski definition) is 1. The van der Waals surface area contributed by atoms with Gasteiger partial charge in [0.2, 0.25) is 0 Å². The van der Waals surface area contributed by atoms with E-state index in [1.807, 2.05) is 4.68 Å². The van der Waals surface area contributed by atoms with E-state index in [4.69, 9.17) is 33.0 Å². The molecule has 2 aromatic rings. The van der Waals surface area contributed by atoms with E-state index in [1.165, 1.54) is 0 Å². The topological polar surface area (TPSA) is 70.8 Å². The Bertz CT molecular complexity index is 907. The molecule has 3 heterocycles. The van der Waals surface area contributed by atoms with Gasteiger partial charge in [-0.1, -0.05) is 23.2 Å².